The van der Waals surface area contributed by atoms with E-state index in [1.807, 2.05) is 36.4 Å². The van der Waals surface area contributed by atoms with E-state index >= 15 is 0 Å². The Bertz CT molecular complexity index is 909. The van der Waals surface area contributed by atoms with Crippen molar-refractivity contribution in [1.29, 1.82) is 0 Å². The van der Waals surface area contributed by atoms with E-state index in [-0.39, 0.29) is 5.75 Å². The molecular weight excluding hydrogens is 312 g/mol. The van der Waals surface area contributed by atoms with E-state index in [0.29, 0.717) is 17.4 Å². The van der Waals surface area contributed by atoms with Gasteiger partial charge < -0.3 is 14.9 Å². The maximum absolute atomic E-state index is 10.2. The average Bonchev–Trinajstić information content (AvgIpc) is 3.11. The number of aromatic nitrogens is 2. The number of benzene rings is 2. The van der Waals surface area contributed by atoms with E-state index < -0.39 is 0 Å². The SMILES string of the molecule is CN(C)[C@@H]1CCN(c2nc(-c3ccccc3O)nc3ccccc23)C1. The molecule has 25 heavy (non-hydrogen) atoms. The fourth-order valence-corrected chi connectivity index (χ4v) is 3.44. The van der Waals surface area contributed by atoms with Crippen LogP contribution < -0.4 is 4.90 Å². The number of aromatic hydroxyl groups is 1. The number of phenols is 1. The van der Waals surface area contributed by atoms with E-state index in [1.165, 1.54) is 0 Å². The van der Waals surface area contributed by atoms with E-state index in [4.69, 9.17) is 4.98 Å². The second kappa shape index (κ2) is 6.33. The third-order valence-corrected chi connectivity index (χ3v) is 4.92. The summed E-state index contributed by atoms with van der Waals surface area (Å²) in [7, 11) is 4.25. The fraction of sp³-hybridized carbons (Fsp3) is 0.300. The average molecular weight is 334 g/mol. The van der Waals surface area contributed by atoms with Crippen molar-refractivity contribution >= 4 is 16.7 Å². The predicted octanol–water partition coefficient (Wildman–Crippen LogP) is 3.14. The summed E-state index contributed by atoms with van der Waals surface area (Å²) < 4.78 is 0. The van der Waals surface area contributed by atoms with Crippen LogP contribution in [-0.2, 0) is 0 Å². The van der Waals surface area contributed by atoms with Gasteiger partial charge in [0.2, 0.25) is 0 Å². The summed E-state index contributed by atoms with van der Waals surface area (Å²) in [5.74, 6) is 1.73. The molecular formula is C20H22N4O. The zero-order chi connectivity index (χ0) is 17.4. The summed E-state index contributed by atoms with van der Waals surface area (Å²) in [5.41, 5.74) is 1.57. The van der Waals surface area contributed by atoms with Crippen molar-refractivity contribution in [2.24, 2.45) is 0 Å². The maximum Gasteiger partial charge on any atom is 0.165 e. The number of phenolic OH excluding ortho intramolecular Hbond substituents is 1. The van der Waals surface area contributed by atoms with Gasteiger partial charge in [0.15, 0.2) is 5.82 Å². The van der Waals surface area contributed by atoms with Crippen molar-refractivity contribution in [2.75, 3.05) is 32.1 Å². The van der Waals surface area contributed by atoms with Gasteiger partial charge in [-0.1, -0.05) is 24.3 Å². The third kappa shape index (κ3) is 2.91. The third-order valence-electron chi connectivity index (χ3n) is 4.92. The lowest BCUT2D eigenvalue weighted by atomic mass is 10.1. The zero-order valence-corrected chi connectivity index (χ0v) is 14.6. The number of fused-ring (bicyclic) bond motifs is 1. The minimum atomic E-state index is 0.205. The summed E-state index contributed by atoms with van der Waals surface area (Å²) in [6.45, 7) is 1.93. The lowest BCUT2D eigenvalue weighted by Crippen LogP contribution is -2.31. The fourth-order valence-electron chi connectivity index (χ4n) is 3.44. The molecule has 1 aromatic heterocycles. The minimum Gasteiger partial charge on any atom is -0.507 e. The minimum absolute atomic E-state index is 0.205. The van der Waals surface area contributed by atoms with Gasteiger partial charge in [0, 0.05) is 24.5 Å². The molecule has 0 unspecified atom stereocenters. The molecule has 0 amide bonds. The van der Waals surface area contributed by atoms with Crippen molar-refractivity contribution < 1.29 is 5.11 Å². The Labute approximate surface area is 147 Å². The summed E-state index contributed by atoms with van der Waals surface area (Å²) in [4.78, 5) is 14.1. The first-order valence-electron chi connectivity index (χ1n) is 8.60. The molecule has 0 aliphatic carbocycles. The van der Waals surface area contributed by atoms with Gasteiger partial charge in [-0.25, -0.2) is 9.97 Å². The molecule has 0 bridgehead atoms. The summed E-state index contributed by atoms with van der Waals surface area (Å²) in [6.07, 6.45) is 1.12. The monoisotopic (exact) mass is 334 g/mol. The number of nitrogens with zero attached hydrogens (tertiary/aromatic N) is 4. The van der Waals surface area contributed by atoms with Crippen LogP contribution in [0.2, 0.25) is 0 Å². The number of hydrogen-bond acceptors (Lipinski definition) is 5. The highest BCUT2D eigenvalue weighted by Gasteiger charge is 2.27. The highest BCUT2D eigenvalue weighted by molar-refractivity contribution is 5.91. The molecule has 5 nitrogen and oxygen atoms in total. The second-order valence-electron chi connectivity index (χ2n) is 6.76. The molecule has 128 valence electrons. The zero-order valence-electron chi connectivity index (χ0n) is 14.6. The Kier molecular flexibility index (Phi) is 4.01. The molecule has 0 saturated carbocycles. The molecule has 1 aliphatic heterocycles. The van der Waals surface area contributed by atoms with Crippen LogP contribution in [0.4, 0.5) is 5.82 Å². The number of rotatable bonds is 3. The van der Waals surface area contributed by atoms with Crippen molar-refractivity contribution in [3.8, 4) is 17.1 Å². The quantitative estimate of drug-likeness (QED) is 0.797. The number of hydrogen-bond donors (Lipinski definition) is 1. The van der Waals surface area contributed by atoms with Crippen molar-refractivity contribution in [2.45, 2.75) is 12.5 Å². The van der Waals surface area contributed by atoms with Gasteiger partial charge in [0.1, 0.15) is 11.6 Å². The standard InChI is InChI=1S/C20H22N4O/c1-23(2)14-11-12-24(13-14)20-15-7-3-5-9-17(15)21-19(22-20)16-8-4-6-10-18(16)25/h3-10,14,25H,11-13H2,1-2H3/t14-/m1/s1. The first kappa shape index (κ1) is 15.8. The van der Waals surface area contributed by atoms with Gasteiger partial charge in [0.25, 0.3) is 0 Å². The van der Waals surface area contributed by atoms with Crippen LogP contribution in [0, 0.1) is 0 Å². The van der Waals surface area contributed by atoms with E-state index in [2.05, 4.69) is 34.9 Å². The van der Waals surface area contributed by atoms with Crippen LogP contribution in [-0.4, -0.2) is 53.2 Å². The van der Waals surface area contributed by atoms with Crippen LogP contribution in [0.25, 0.3) is 22.3 Å². The normalized spacial score (nSPS) is 17.6. The first-order chi connectivity index (χ1) is 12.1. The lowest BCUT2D eigenvalue weighted by Gasteiger charge is -2.22. The van der Waals surface area contributed by atoms with Crippen molar-refractivity contribution in [3.63, 3.8) is 0 Å². The van der Waals surface area contributed by atoms with Crippen LogP contribution in [0.1, 0.15) is 6.42 Å². The van der Waals surface area contributed by atoms with Gasteiger partial charge in [-0.2, -0.15) is 0 Å². The smallest absolute Gasteiger partial charge is 0.165 e. The van der Waals surface area contributed by atoms with Gasteiger partial charge >= 0.3 is 0 Å². The molecule has 2 heterocycles. The van der Waals surface area contributed by atoms with Crippen LogP contribution in [0.3, 0.4) is 0 Å². The molecule has 1 saturated heterocycles. The highest BCUT2D eigenvalue weighted by Crippen LogP contribution is 2.32. The molecule has 3 aromatic rings. The van der Waals surface area contributed by atoms with E-state index in [1.54, 1.807) is 6.07 Å². The molecule has 1 fully saturated rings. The summed E-state index contributed by atoms with van der Waals surface area (Å²) in [5, 5.41) is 11.3. The summed E-state index contributed by atoms with van der Waals surface area (Å²) in [6, 6.07) is 15.8. The highest BCUT2D eigenvalue weighted by atomic mass is 16.3. The molecule has 1 aliphatic rings. The van der Waals surface area contributed by atoms with Crippen molar-refractivity contribution in [3.05, 3.63) is 48.5 Å². The van der Waals surface area contributed by atoms with Crippen LogP contribution in [0.5, 0.6) is 5.75 Å². The summed E-state index contributed by atoms with van der Waals surface area (Å²) >= 11 is 0. The Morgan fingerprint density at radius 3 is 2.56 bits per heavy atom. The van der Waals surface area contributed by atoms with Crippen LogP contribution in [0.15, 0.2) is 48.5 Å². The van der Waals surface area contributed by atoms with E-state index in [9.17, 15) is 5.11 Å². The Balaban J connectivity index is 1.84. The molecule has 2 aromatic carbocycles. The van der Waals surface area contributed by atoms with Gasteiger partial charge in [-0.05, 0) is 44.8 Å². The van der Waals surface area contributed by atoms with Crippen molar-refractivity contribution in [1.82, 2.24) is 14.9 Å². The first-order valence-corrected chi connectivity index (χ1v) is 8.60. The molecule has 0 radical (unpaired) electrons. The van der Waals surface area contributed by atoms with E-state index in [0.717, 1.165) is 36.2 Å². The number of likely N-dealkylation sites (N-methyl/N-ethyl adjacent to an activating group) is 1. The van der Waals surface area contributed by atoms with Gasteiger partial charge in [0.05, 0.1) is 11.1 Å². The maximum atomic E-state index is 10.2. The Hall–Kier alpha value is -2.66. The van der Waals surface area contributed by atoms with Gasteiger partial charge in [-0.15, -0.1) is 0 Å². The predicted molar refractivity (Wildman–Crippen MR) is 101 cm³/mol. The Morgan fingerprint density at radius 1 is 1.04 bits per heavy atom. The molecule has 0 spiro atoms. The number of para-hydroxylation sites is 2. The van der Waals surface area contributed by atoms with Crippen LogP contribution >= 0.6 is 0 Å². The van der Waals surface area contributed by atoms with Gasteiger partial charge in [-0.3, -0.25) is 0 Å². The molecule has 5 heteroatoms. The Morgan fingerprint density at radius 2 is 1.80 bits per heavy atom. The largest absolute Gasteiger partial charge is 0.507 e. The molecule has 1 N–H and O–H groups in total. The molecule has 1 atom stereocenters. The lowest BCUT2D eigenvalue weighted by molar-refractivity contribution is 0.315. The molecule has 4 rings (SSSR count). The second-order valence-corrected chi connectivity index (χ2v) is 6.76. The number of anilines is 1. The topological polar surface area (TPSA) is 52.5 Å².